The zero-order chi connectivity index (χ0) is 14.7. The van der Waals surface area contributed by atoms with Crippen LogP contribution in [0.25, 0.3) is 10.9 Å². The summed E-state index contributed by atoms with van der Waals surface area (Å²) in [5, 5.41) is 1.29. The topological polar surface area (TPSA) is 40.2 Å². The molecule has 0 bridgehead atoms. The van der Waals surface area contributed by atoms with Crippen LogP contribution in [-0.4, -0.2) is 11.2 Å². The van der Waals surface area contributed by atoms with Crippen LogP contribution >= 0.6 is 0 Å². The molecule has 3 heteroatoms. The van der Waals surface area contributed by atoms with Crippen molar-refractivity contribution in [2.45, 2.75) is 19.9 Å². The normalized spacial score (nSPS) is 10.9. The molecule has 1 heterocycles. The molecule has 3 rings (SSSR count). The van der Waals surface area contributed by atoms with E-state index < -0.39 is 0 Å². The molecule has 0 fully saturated rings. The molecule has 2 aromatic carbocycles. The number of para-hydroxylation sites is 3. The predicted octanol–water partition coefficient (Wildman–Crippen LogP) is 4.00. The molecular formula is C18H20N2O. The van der Waals surface area contributed by atoms with Crippen molar-refractivity contribution < 1.29 is 4.74 Å². The number of nitrogen functional groups attached to an aromatic ring is 1. The lowest BCUT2D eigenvalue weighted by molar-refractivity contribution is 0.304. The van der Waals surface area contributed by atoms with Gasteiger partial charge >= 0.3 is 0 Å². The second-order valence-electron chi connectivity index (χ2n) is 5.24. The van der Waals surface area contributed by atoms with Crippen LogP contribution in [0.2, 0.25) is 0 Å². The van der Waals surface area contributed by atoms with E-state index in [9.17, 15) is 0 Å². The molecule has 0 unspecified atom stereocenters. The summed E-state index contributed by atoms with van der Waals surface area (Å²) in [5.41, 5.74) is 9.13. The second kappa shape index (κ2) is 5.92. The van der Waals surface area contributed by atoms with Gasteiger partial charge in [0.2, 0.25) is 0 Å². The molecule has 3 nitrogen and oxygen atoms in total. The molecule has 0 saturated heterocycles. The third-order valence-corrected chi connectivity index (χ3v) is 3.72. The Morgan fingerprint density at radius 1 is 1.05 bits per heavy atom. The third kappa shape index (κ3) is 2.87. The van der Waals surface area contributed by atoms with Crippen LogP contribution in [-0.2, 0) is 6.54 Å². The lowest BCUT2D eigenvalue weighted by atomic mass is 10.2. The second-order valence-corrected chi connectivity index (χ2v) is 5.24. The smallest absolute Gasteiger partial charge is 0.142 e. The van der Waals surface area contributed by atoms with E-state index in [0.717, 1.165) is 18.7 Å². The lowest BCUT2D eigenvalue weighted by Crippen LogP contribution is -2.06. The van der Waals surface area contributed by atoms with Crippen LogP contribution in [0.5, 0.6) is 5.75 Å². The van der Waals surface area contributed by atoms with E-state index in [2.05, 4.69) is 41.8 Å². The van der Waals surface area contributed by atoms with Crippen molar-refractivity contribution in [1.82, 2.24) is 4.57 Å². The molecule has 0 atom stereocenters. The fourth-order valence-corrected chi connectivity index (χ4v) is 2.66. The standard InChI is InChI=1S/C18H20N2O/c1-14-13-15-7-2-4-9-17(15)20(14)11-6-12-21-18-10-5-3-8-16(18)19/h2-5,7-10,13H,6,11-12,19H2,1H3. The number of rotatable bonds is 5. The van der Waals surface area contributed by atoms with Crippen LogP contribution in [0.1, 0.15) is 12.1 Å². The fourth-order valence-electron chi connectivity index (χ4n) is 2.66. The summed E-state index contributed by atoms with van der Waals surface area (Å²) in [6.45, 7) is 3.77. The van der Waals surface area contributed by atoms with Crippen LogP contribution in [0.3, 0.4) is 0 Å². The summed E-state index contributed by atoms with van der Waals surface area (Å²) >= 11 is 0. The van der Waals surface area contributed by atoms with Gasteiger partial charge < -0.3 is 15.0 Å². The first kappa shape index (κ1) is 13.6. The average Bonchev–Trinajstić information content (AvgIpc) is 2.81. The van der Waals surface area contributed by atoms with Crippen molar-refractivity contribution in [3.8, 4) is 5.75 Å². The van der Waals surface area contributed by atoms with E-state index in [-0.39, 0.29) is 0 Å². The fraction of sp³-hybridized carbons (Fsp3) is 0.222. The molecular weight excluding hydrogens is 260 g/mol. The van der Waals surface area contributed by atoms with Gasteiger partial charge in [-0.1, -0.05) is 30.3 Å². The van der Waals surface area contributed by atoms with Gasteiger partial charge in [-0.15, -0.1) is 0 Å². The number of ether oxygens (including phenoxy) is 1. The Balaban J connectivity index is 1.62. The van der Waals surface area contributed by atoms with Gasteiger partial charge in [-0.2, -0.15) is 0 Å². The molecule has 2 N–H and O–H groups in total. The number of hydrogen-bond acceptors (Lipinski definition) is 2. The number of nitrogens with zero attached hydrogens (tertiary/aromatic N) is 1. The largest absolute Gasteiger partial charge is 0.491 e. The number of aromatic nitrogens is 1. The number of nitrogens with two attached hydrogens (primary N) is 1. The van der Waals surface area contributed by atoms with E-state index in [1.165, 1.54) is 16.6 Å². The number of benzene rings is 2. The Labute approximate surface area is 125 Å². The Bertz CT molecular complexity index is 746. The van der Waals surface area contributed by atoms with Gasteiger partial charge in [-0.05, 0) is 43.0 Å². The molecule has 0 aliphatic carbocycles. The first-order valence-corrected chi connectivity index (χ1v) is 7.28. The minimum Gasteiger partial charge on any atom is -0.491 e. The highest BCUT2D eigenvalue weighted by molar-refractivity contribution is 5.81. The van der Waals surface area contributed by atoms with Crippen molar-refractivity contribution in [2.24, 2.45) is 0 Å². The highest BCUT2D eigenvalue weighted by Gasteiger charge is 2.05. The molecule has 21 heavy (non-hydrogen) atoms. The average molecular weight is 280 g/mol. The highest BCUT2D eigenvalue weighted by Crippen LogP contribution is 2.21. The summed E-state index contributed by atoms with van der Waals surface area (Å²) in [4.78, 5) is 0. The van der Waals surface area contributed by atoms with Crippen LogP contribution in [0.4, 0.5) is 5.69 Å². The summed E-state index contributed by atoms with van der Waals surface area (Å²) in [6, 6.07) is 18.3. The number of fused-ring (bicyclic) bond motifs is 1. The maximum atomic E-state index is 5.87. The third-order valence-electron chi connectivity index (χ3n) is 3.72. The van der Waals surface area contributed by atoms with Crippen LogP contribution < -0.4 is 10.5 Å². The van der Waals surface area contributed by atoms with E-state index in [1.54, 1.807) is 0 Å². The maximum Gasteiger partial charge on any atom is 0.142 e. The van der Waals surface area contributed by atoms with Crippen molar-refractivity contribution in [2.75, 3.05) is 12.3 Å². The zero-order valence-corrected chi connectivity index (χ0v) is 12.3. The van der Waals surface area contributed by atoms with Gasteiger partial charge in [-0.3, -0.25) is 0 Å². The maximum absolute atomic E-state index is 5.87. The monoisotopic (exact) mass is 280 g/mol. The van der Waals surface area contributed by atoms with Gasteiger partial charge in [-0.25, -0.2) is 0 Å². The molecule has 0 radical (unpaired) electrons. The van der Waals surface area contributed by atoms with Crippen molar-refractivity contribution in [3.05, 3.63) is 60.3 Å². The first-order valence-electron chi connectivity index (χ1n) is 7.28. The molecule has 1 aromatic heterocycles. The van der Waals surface area contributed by atoms with Gasteiger partial charge in [0.1, 0.15) is 5.75 Å². The molecule has 0 spiro atoms. The van der Waals surface area contributed by atoms with Crippen LogP contribution in [0.15, 0.2) is 54.6 Å². The molecule has 108 valence electrons. The minimum atomic E-state index is 0.667. The molecule has 0 saturated carbocycles. The summed E-state index contributed by atoms with van der Waals surface area (Å²) in [6.07, 6.45) is 0.952. The summed E-state index contributed by atoms with van der Waals surface area (Å²) in [5.74, 6) is 0.770. The van der Waals surface area contributed by atoms with Gasteiger partial charge in [0.05, 0.1) is 12.3 Å². The van der Waals surface area contributed by atoms with E-state index in [1.807, 2.05) is 24.3 Å². The Morgan fingerprint density at radius 3 is 2.67 bits per heavy atom. The quantitative estimate of drug-likeness (QED) is 0.567. The van der Waals surface area contributed by atoms with Gasteiger partial charge in [0.15, 0.2) is 0 Å². The Kier molecular flexibility index (Phi) is 3.82. The molecule has 0 aliphatic rings. The SMILES string of the molecule is Cc1cc2ccccc2n1CCCOc1ccccc1N. The predicted molar refractivity (Wildman–Crippen MR) is 87.6 cm³/mol. The van der Waals surface area contributed by atoms with Gasteiger partial charge in [0, 0.05) is 17.8 Å². The Hall–Kier alpha value is -2.42. The first-order chi connectivity index (χ1) is 10.3. The highest BCUT2D eigenvalue weighted by atomic mass is 16.5. The minimum absolute atomic E-state index is 0.667. The zero-order valence-electron chi connectivity index (χ0n) is 12.3. The van der Waals surface area contributed by atoms with E-state index in [4.69, 9.17) is 10.5 Å². The number of aryl methyl sites for hydroxylation is 2. The lowest BCUT2D eigenvalue weighted by Gasteiger charge is -2.11. The van der Waals surface area contributed by atoms with Gasteiger partial charge in [0.25, 0.3) is 0 Å². The van der Waals surface area contributed by atoms with E-state index >= 15 is 0 Å². The number of hydrogen-bond donors (Lipinski definition) is 1. The molecule has 3 aromatic rings. The Morgan fingerprint density at radius 2 is 1.81 bits per heavy atom. The van der Waals surface area contributed by atoms with Crippen LogP contribution in [0, 0.1) is 6.92 Å². The molecule has 0 aliphatic heterocycles. The van der Waals surface area contributed by atoms with E-state index in [0.29, 0.717) is 12.3 Å². The van der Waals surface area contributed by atoms with Crippen molar-refractivity contribution in [1.29, 1.82) is 0 Å². The van der Waals surface area contributed by atoms with Crippen molar-refractivity contribution in [3.63, 3.8) is 0 Å². The summed E-state index contributed by atoms with van der Waals surface area (Å²) < 4.78 is 8.09. The summed E-state index contributed by atoms with van der Waals surface area (Å²) in [7, 11) is 0. The molecule has 0 amide bonds. The number of anilines is 1. The van der Waals surface area contributed by atoms with Crippen molar-refractivity contribution >= 4 is 16.6 Å².